The second-order valence-corrected chi connectivity index (χ2v) is 4.52. The van der Waals surface area contributed by atoms with Crippen LogP contribution in [0, 0.1) is 23.0 Å². The van der Waals surface area contributed by atoms with Crippen LogP contribution in [0.4, 0.5) is 17.5 Å². The Kier molecular flexibility index (Phi) is 3.76. The fraction of sp³-hybridized carbons (Fsp3) is 0.600. The molecule has 9 heteroatoms. The first kappa shape index (κ1) is 13.4. The van der Waals surface area contributed by atoms with Crippen LogP contribution >= 0.6 is 0 Å². The van der Waals surface area contributed by atoms with E-state index in [1.807, 2.05) is 0 Å². The first-order valence-corrected chi connectivity index (χ1v) is 5.94. The highest BCUT2D eigenvalue weighted by atomic mass is 16.6. The summed E-state index contributed by atoms with van der Waals surface area (Å²) < 4.78 is 0. The van der Waals surface area contributed by atoms with Crippen LogP contribution in [0.5, 0.6) is 0 Å². The van der Waals surface area contributed by atoms with Gasteiger partial charge in [0.15, 0.2) is 0 Å². The molecule has 1 aliphatic carbocycles. The van der Waals surface area contributed by atoms with Gasteiger partial charge >= 0.3 is 5.69 Å². The largest absolute Gasteiger partial charge is 0.391 e. The lowest BCUT2D eigenvalue weighted by atomic mass is 10.2. The quantitative estimate of drug-likeness (QED) is 0.325. The van der Waals surface area contributed by atoms with Gasteiger partial charge in [-0.2, -0.15) is 4.98 Å². The molecule has 1 atom stereocenters. The number of nitrogens with two attached hydrogens (primary N) is 1. The smallest absolute Gasteiger partial charge is 0.332 e. The molecule has 1 heterocycles. The van der Waals surface area contributed by atoms with Crippen molar-refractivity contribution in [3.05, 3.63) is 15.8 Å². The zero-order valence-corrected chi connectivity index (χ0v) is 10.5. The molecule has 0 aliphatic heterocycles. The van der Waals surface area contributed by atoms with E-state index < -0.39 is 11.0 Å². The minimum absolute atomic E-state index is 0.0603. The predicted molar refractivity (Wildman–Crippen MR) is 68.5 cm³/mol. The Balaban J connectivity index is 2.19. The predicted octanol–water partition coefficient (Wildman–Crippen LogP) is 0.162. The Morgan fingerprint density at radius 2 is 2.26 bits per heavy atom. The van der Waals surface area contributed by atoms with Gasteiger partial charge in [0.2, 0.25) is 11.8 Å². The van der Waals surface area contributed by atoms with E-state index in [0.29, 0.717) is 0 Å². The van der Waals surface area contributed by atoms with E-state index in [2.05, 4.69) is 20.7 Å². The fourth-order valence-electron chi connectivity index (χ4n) is 1.82. The van der Waals surface area contributed by atoms with E-state index in [-0.39, 0.29) is 35.6 Å². The highest BCUT2D eigenvalue weighted by Gasteiger charge is 2.30. The Morgan fingerprint density at radius 1 is 1.58 bits per heavy atom. The van der Waals surface area contributed by atoms with Crippen LogP contribution < -0.4 is 16.6 Å². The number of anilines is 2. The molecule has 1 aliphatic rings. The molecule has 0 saturated heterocycles. The normalized spacial score (nSPS) is 15.9. The van der Waals surface area contributed by atoms with Gasteiger partial charge in [-0.3, -0.25) is 15.5 Å². The van der Waals surface area contributed by atoms with Gasteiger partial charge in [-0.15, -0.1) is 0 Å². The number of hydrazine groups is 1. The lowest BCUT2D eigenvalue weighted by Crippen LogP contribution is -2.23. The number of hydrogen-bond donors (Lipinski definition) is 4. The van der Waals surface area contributed by atoms with E-state index in [1.54, 1.807) is 0 Å². The molecule has 1 saturated carbocycles. The third-order valence-electron chi connectivity index (χ3n) is 3.01. The third kappa shape index (κ3) is 3.06. The summed E-state index contributed by atoms with van der Waals surface area (Å²) in [5, 5.41) is 23.6. The van der Waals surface area contributed by atoms with Crippen molar-refractivity contribution in [3.8, 4) is 0 Å². The Morgan fingerprint density at radius 3 is 2.79 bits per heavy atom. The number of rotatable bonds is 6. The van der Waals surface area contributed by atoms with E-state index >= 15 is 0 Å². The Hall–Kier alpha value is -2.00. The molecule has 0 spiro atoms. The van der Waals surface area contributed by atoms with Gasteiger partial charge in [-0.1, -0.05) is 0 Å². The van der Waals surface area contributed by atoms with Crippen LogP contribution in [0.15, 0.2) is 0 Å². The average molecular weight is 268 g/mol. The molecule has 0 aromatic carbocycles. The molecule has 0 amide bonds. The zero-order chi connectivity index (χ0) is 14.0. The molecule has 19 heavy (non-hydrogen) atoms. The van der Waals surface area contributed by atoms with Crippen molar-refractivity contribution in [1.29, 1.82) is 0 Å². The van der Waals surface area contributed by atoms with Gasteiger partial charge in [0.1, 0.15) is 5.69 Å². The molecule has 1 aromatic heterocycles. The molecule has 0 bridgehead atoms. The van der Waals surface area contributed by atoms with Gasteiger partial charge in [-0.25, -0.2) is 10.8 Å². The minimum Gasteiger partial charge on any atom is -0.391 e. The van der Waals surface area contributed by atoms with E-state index in [9.17, 15) is 15.2 Å². The first-order chi connectivity index (χ1) is 9.02. The number of nitrogens with one attached hydrogen (secondary N) is 2. The molecular formula is C10H16N6O3. The standard InChI is InChI=1S/C10H16N6O3/c1-5-8(16(18)19)9(14-10(13-5)15-11)12-4-7(17)6-2-3-6/h6-7,17H,2-4,11H2,1H3,(H2,12,13,14,15). The third-order valence-corrected chi connectivity index (χ3v) is 3.01. The minimum atomic E-state index is -0.554. The number of nitrogen functional groups attached to an aromatic ring is 1. The van der Waals surface area contributed by atoms with Gasteiger partial charge in [0.25, 0.3) is 0 Å². The van der Waals surface area contributed by atoms with Crippen molar-refractivity contribution in [2.24, 2.45) is 11.8 Å². The monoisotopic (exact) mass is 268 g/mol. The van der Waals surface area contributed by atoms with Crippen LogP contribution in [0.2, 0.25) is 0 Å². The lowest BCUT2D eigenvalue weighted by molar-refractivity contribution is -0.385. The van der Waals surface area contributed by atoms with Crippen molar-refractivity contribution >= 4 is 17.5 Å². The van der Waals surface area contributed by atoms with Gasteiger partial charge in [0.05, 0.1) is 11.0 Å². The summed E-state index contributed by atoms with van der Waals surface area (Å²) in [7, 11) is 0. The molecule has 1 fully saturated rings. The molecular weight excluding hydrogens is 252 g/mol. The zero-order valence-electron chi connectivity index (χ0n) is 10.5. The molecule has 1 unspecified atom stereocenters. The molecule has 1 aromatic rings. The van der Waals surface area contributed by atoms with Crippen molar-refractivity contribution < 1.29 is 10.0 Å². The Labute approximate surface area is 109 Å². The summed E-state index contributed by atoms with van der Waals surface area (Å²) in [6.45, 7) is 1.72. The van der Waals surface area contributed by atoms with Crippen LogP contribution in [-0.4, -0.2) is 32.6 Å². The maximum Gasteiger partial charge on any atom is 0.332 e. The maximum atomic E-state index is 11.0. The summed E-state index contributed by atoms with van der Waals surface area (Å²) in [5.41, 5.74) is 2.25. The maximum absolute atomic E-state index is 11.0. The van der Waals surface area contributed by atoms with E-state index in [0.717, 1.165) is 12.8 Å². The molecule has 5 N–H and O–H groups in total. The Bertz CT molecular complexity index is 490. The number of aromatic nitrogens is 2. The van der Waals surface area contributed by atoms with Crippen LogP contribution in [0.25, 0.3) is 0 Å². The van der Waals surface area contributed by atoms with Crippen molar-refractivity contribution in [2.45, 2.75) is 25.9 Å². The van der Waals surface area contributed by atoms with Gasteiger partial charge in [-0.05, 0) is 25.7 Å². The average Bonchev–Trinajstić information content (AvgIpc) is 3.18. The molecule has 104 valence electrons. The lowest BCUT2D eigenvalue weighted by Gasteiger charge is -2.12. The van der Waals surface area contributed by atoms with Crippen LogP contribution in [0.3, 0.4) is 0 Å². The fourth-order valence-corrected chi connectivity index (χ4v) is 1.82. The number of aryl methyl sites for hydroxylation is 1. The molecule has 0 radical (unpaired) electrons. The van der Waals surface area contributed by atoms with E-state index in [4.69, 9.17) is 5.84 Å². The summed E-state index contributed by atoms with van der Waals surface area (Å²) in [6, 6.07) is 0. The highest BCUT2D eigenvalue weighted by Crippen LogP contribution is 2.33. The second-order valence-electron chi connectivity index (χ2n) is 4.52. The van der Waals surface area contributed by atoms with Gasteiger partial charge in [0, 0.05) is 6.54 Å². The van der Waals surface area contributed by atoms with Crippen LogP contribution in [-0.2, 0) is 0 Å². The topological polar surface area (TPSA) is 139 Å². The second kappa shape index (κ2) is 5.33. The summed E-state index contributed by atoms with van der Waals surface area (Å²) >= 11 is 0. The van der Waals surface area contributed by atoms with Gasteiger partial charge < -0.3 is 10.4 Å². The highest BCUT2D eigenvalue weighted by molar-refractivity contribution is 5.60. The number of hydrogen-bond acceptors (Lipinski definition) is 8. The number of aliphatic hydroxyl groups is 1. The van der Waals surface area contributed by atoms with Crippen LogP contribution in [0.1, 0.15) is 18.5 Å². The molecule has 9 nitrogen and oxygen atoms in total. The van der Waals surface area contributed by atoms with Crippen molar-refractivity contribution in [1.82, 2.24) is 9.97 Å². The summed E-state index contributed by atoms with van der Waals surface area (Å²) in [6.07, 6.45) is 1.45. The number of nitrogens with zero attached hydrogens (tertiary/aromatic N) is 3. The number of aliphatic hydroxyl groups excluding tert-OH is 1. The summed E-state index contributed by atoms with van der Waals surface area (Å²) in [5.74, 6) is 5.63. The van der Waals surface area contributed by atoms with E-state index in [1.165, 1.54) is 6.92 Å². The summed E-state index contributed by atoms with van der Waals surface area (Å²) in [4.78, 5) is 18.2. The SMILES string of the molecule is Cc1nc(NN)nc(NCC(O)C2CC2)c1[N+](=O)[O-]. The first-order valence-electron chi connectivity index (χ1n) is 5.94. The number of nitro groups is 1. The molecule has 2 rings (SSSR count). The van der Waals surface area contributed by atoms with Crippen molar-refractivity contribution in [2.75, 3.05) is 17.3 Å². The van der Waals surface area contributed by atoms with Crippen molar-refractivity contribution in [3.63, 3.8) is 0 Å².